The molecule has 0 bridgehead atoms. The monoisotopic (exact) mass is 283 g/mol. The van der Waals surface area contributed by atoms with Crippen LogP contribution < -0.4 is 10.1 Å². The minimum Gasteiger partial charge on any atom is -0.497 e. The summed E-state index contributed by atoms with van der Waals surface area (Å²) in [4.78, 5) is 11.6. The third-order valence-corrected chi connectivity index (χ3v) is 3.86. The molecule has 4 nitrogen and oxygen atoms in total. The molecular formula is C17H17NO3. The Morgan fingerprint density at radius 3 is 2.57 bits per heavy atom. The lowest BCUT2D eigenvalue weighted by atomic mass is 9.92. The van der Waals surface area contributed by atoms with Crippen molar-refractivity contribution in [3.63, 3.8) is 0 Å². The number of benzene rings is 2. The zero-order chi connectivity index (χ0) is 14.8. The van der Waals surface area contributed by atoms with Gasteiger partial charge in [0.1, 0.15) is 5.75 Å². The van der Waals surface area contributed by atoms with Gasteiger partial charge in [0.05, 0.1) is 19.8 Å². The van der Waals surface area contributed by atoms with E-state index in [4.69, 9.17) is 9.47 Å². The van der Waals surface area contributed by atoms with Crippen molar-refractivity contribution in [2.75, 3.05) is 26.1 Å². The fourth-order valence-corrected chi connectivity index (χ4v) is 2.71. The van der Waals surface area contributed by atoms with E-state index < -0.39 is 0 Å². The molecule has 4 heteroatoms. The number of methoxy groups -OCH3 is 2. The maximum absolute atomic E-state index is 11.6. The van der Waals surface area contributed by atoms with Gasteiger partial charge in [-0.15, -0.1) is 0 Å². The normalized spacial score (nSPS) is 16.0. The van der Waals surface area contributed by atoms with Crippen molar-refractivity contribution in [3.05, 3.63) is 59.2 Å². The average Bonchev–Trinajstić information content (AvgIpc) is 2.97. The third-order valence-electron chi connectivity index (χ3n) is 3.86. The van der Waals surface area contributed by atoms with Crippen LogP contribution >= 0.6 is 0 Å². The van der Waals surface area contributed by atoms with Gasteiger partial charge in [0.25, 0.3) is 0 Å². The van der Waals surface area contributed by atoms with E-state index in [9.17, 15) is 4.79 Å². The fourth-order valence-electron chi connectivity index (χ4n) is 2.71. The maximum Gasteiger partial charge on any atom is 0.337 e. The Morgan fingerprint density at radius 1 is 1.14 bits per heavy atom. The number of hydrogen-bond donors (Lipinski definition) is 1. The molecular weight excluding hydrogens is 266 g/mol. The predicted octanol–water partition coefficient (Wildman–Crippen LogP) is 3.04. The second kappa shape index (κ2) is 5.48. The molecule has 1 atom stereocenters. The van der Waals surface area contributed by atoms with Crippen LogP contribution in [0.4, 0.5) is 5.69 Å². The van der Waals surface area contributed by atoms with Crippen LogP contribution in [0, 0.1) is 0 Å². The van der Waals surface area contributed by atoms with Gasteiger partial charge in [-0.1, -0.05) is 18.2 Å². The van der Waals surface area contributed by atoms with Gasteiger partial charge in [-0.05, 0) is 35.4 Å². The summed E-state index contributed by atoms with van der Waals surface area (Å²) in [5.74, 6) is 0.830. The molecule has 1 unspecified atom stereocenters. The summed E-state index contributed by atoms with van der Waals surface area (Å²) in [6.45, 7) is 0.826. The lowest BCUT2D eigenvalue weighted by Gasteiger charge is -2.11. The van der Waals surface area contributed by atoms with Crippen LogP contribution in [0.25, 0.3) is 0 Å². The van der Waals surface area contributed by atoms with Crippen LogP contribution in [0.3, 0.4) is 0 Å². The summed E-state index contributed by atoms with van der Waals surface area (Å²) in [5.41, 5.74) is 4.00. The van der Waals surface area contributed by atoms with Gasteiger partial charge < -0.3 is 14.8 Å². The largest absolute Gasteiger partial charge is 0.497 e. The van der Waals surface area contributed by atoms with Crippen molar-refractivity contribution in [2.24, 2.45) is 0 Å². The summed E-state index contributed by atoms with van der Waals surface area (Å²) in [6, 6.07) is 13.8. The molecule has 0 radical (unpaired) electrons. The highest BCUT2D eigenvalue weighted by atomic mass is 16.5. The second-order valence-electron chi connectivity index (χ2n) is 5.00. The van der Waals surface area contributed by atoms with Crippen molar-refractivity contribution < 1.29 is 14.3 Å². The summed E-state index contributed by atoms with van der Waals surface area (Å²) in [6.07, 6.45) is 0. The summed E-state index contributed by atoms with van der Waals surface area (Å²) in [7, 11) is 3.05. The van der Waals surface area contributed by atoms with Gasteiger partial charge in [0, 0.05) is 18.2 Å². The van der Waals surface area contributed by atoms with Crippen molar-refractivity contribution in [2.45, 2.75) is 5.92 Å². The van der Waals surface area contributed by atoms with Crippen LogP contribution in [-0.4, -0.2) is 26.7 Å². The molecule has 0 aliphatic carbocycles. The molecule has 3 rings (SSSR count). The van der Waals surface area contributed by atoms with Crippen molar-refractivity contribution in [1.82, 2.24) is 0 Å². The molecule has 108 valence electrons. The Morgan fingerprint density at radius 2 is 1.90 bits per heavy atom. The lowest BCUT2D eigenvalue weighted by molar-refractivity contribution is 0.0601. The molecule has 1 N–H and O–H groups in total. The van der Waals surface area contributed by atoms with E-state index >= 15 is 0 Å². The van der Waals surface area contributed by atoms with Crippen molar-refractivity contribution in [1.29, 1.82) is 0 Å². The number of hydrogen-bond acceptors (Lipinski definition) is 4. The van der Waals surface area contributed by atoms with Gasteiger partial charge in [-0.3, -0.25) is 0 Å². The van der Waals surface area contributed by atoms with Gasteiger partial charge in [0.15, 0.2) is 0 Å². The molecule has 1 aliphatic heterocycles. The van der Waals surface area contributed by atoms with Crippen LogP contribution in [0.15, 0.2) is 42.5 Å². The van der Waals surface area contributed by atoms with Gasteiger partial charge in [0.2, 0.25) is 0 Å². The molecule has 0 aromatic heterocycles. The number of rotatable bonds is 3. The fraction of sp³-hybridized carbons (Fsp3) is 0.235. The number of carbonyl (C=O) groups excluding carboxylic acids is 1. The molecule has 1 heterocycles. The van der Waals surface area contributed by atoms with Crippen molar-refractivity contribution in [3.8, 4) is 5.75 Å². The highest BCUT2D eigenvalue weighted by molar-refractivity contribution is 5.91. The summed E-state index contributed by atoms with van der Waals surface area (Å²) in [5, 5.41) is 3.36. The number of esters is 1. The summed E-state index contributed by atoms with van der Waals surface area (Å²) < 4.78 is 9.94. The molecule has 0 saturated heterocycles. The molecule has 0 fully saturated rings. The Kier molecular flexibility index (Phi) is 3.52. The van der Waals surface area contributed by atoms with E-state index in [1.54, 1.807) is 7.11 Å². The first kappa shape index (κ1) is 13.5. The molecule has 0 saturated carbocycles. The maximum atomic E-state index is 11.6. The Bertz CT molecular complexity index is 664. The van der Waals surface area contributed by atoms with E-state index in [0.29, 0.717) is 5.56 Å². The van der Waals surface area contributed by atoms with Crippen LogP contribution in [0.1, 0.15) is 27.4 Å². The molecule has 1 aliphatic rings. The highest BCUT2D eigenvalue weighted by Gasteiger charge is 2.24. The molecule has 2 aromatic carbocycles. The first-order valence-electron chi connectivity index (χ1n) is 6.83. The van der Waals surface area contributed by atoms with E-state index in [1.807, 2.05) is 30.3 Å². The number of ether oxygens (including phenoxy) is 2. The smallest absolute Gasteiger partial charge is 0.337 e. The topological polar surface area (TPSA) is 47.6 Å². The van der Waals surface area contributed by atoms with E-state index in [0.717, 1.165) is 18.0 Å². The number of carbonyl (C=O) groups is 1. The lowest BCUT2D eigenvalue weighted by Crippen LogP contribution is -2.03. The first-order valence-corrected chi connectivity index (χ1v) is 6.83. The molecule has 0 amide bonds. The molecule has 2 aromatic rings. The molecule has 21 heavy (non-hydrogen) atoms. The first-order chi connectivity index (χ1) is 10.2. The van der Waals surface area contributed by atoms with Crippen LogP contribution in [0.5, 0.6) is 5.75 Å². The van der Waals surface area contributed by atoms with Gasteiger partial charge >= 0.3 is 5.97 Å². The third kappa shape index (κ3) is 2.44. The Balaban J connectivity index is 1.91. The number of fused-ring (bicyclic) bond motifs is 1. The van der Waals surface area contributed by atoms with Crippen LogP contribution in [-0.2, 0) is 4.74 Å². The second-order valence-corrected chi connectivity index (χ2v) is 5.00. The van der Waals surface area contributed by atoms with E-state index in [1.165, 1.54) is 18.2 Å². The van der Waals surface area contributed by atoms with E-state index in [-0.39, 0.29) is 11.9 Å². The minimum absolute atomic E-state index is 0.289. The van der Waals surface area contributed by atoms with Crippen LogP contribution in [0.2, 0.25) is 0 Å². The zero-order valence-corrected chi connectivity index (χ0v) is 12.1. The van der Waals surface area contributed by atoms with Gasteiger partial charge in [-0.25, -0.2) is 4.79 Å². The quantitative estimate of drug-likeness (QED) is 0.880. The Labute approximate surface area is 123 Å². The SMILES string of the molecule is COC(=O)c1ccc2c(c1)NCC2c1ccc(OC)cc1. The number of nitrogens with one attached hydrogen (secondary N) is 1. The van der Waals surface area contributed by atoms with E-state index in [2.05, 4.69) is 17.4 Å². The molecule has 0 spiro atoms. The Hall–Kier alpha value is -2.49. The predicted molar refractivity (Wildman–Crippen MR) is 81.1 cm³/mol. The van der Waals surface area contributed by atoms with Crippen molar-refractivity contribution >= 4 is 11.7 Å². The average molecular weight is 283 g/mol. The van der Waals surface area contributed by atoms with Gasteiger partial charge in [-0.2, -0.15) is 0 Å². The summed E-state index contributed by atoms with van der Waals surface area (Å²) >= 11 is 0. The number of anilines is 1. The standard InChI is InChI=1S/C17H17NO3/c1-20-13-6-3-11(4-7-13)15-10-18-16-9-12(17(19)21-2)5-8-14(15)16/h3-9,15,18H,10H2,1-2H3. The zero-order valence-electron chi connectivity index (χ0n) is 12.1. The highest BCUT2D eigenvalue weighted by Crippen LogP contribution is 2.37. The minimum atomic E-state index is -0.313.